The molecule has 1 aliphatic carbocycles. The predicted molar refractivity (Wildman–Crippen MR) is 79.1 cm³/mol. The minimum absolute atomic E-state index is 0.228. The van der Waals surface area contributed by atoms with Crippen molar-refractivity contribution in [1.82, 2.24) is 0 Å². The average Bonchev–Trinajstić information content (AvgIpc) is 2.47. The quantitative estimate of drug-likeness (QED) is 0.789. The number of methoxy groups -OCH3 is 2. The number of carbonyl (C=O) groups is 1. The van der Waals surface area contributed by atoms with Crippen LogP contribution in [0.3, 0.4) is 0 Å². The number of rotatable bonds is 4. The summed E-state index contributed by atoms with van der Waals surface area (Å²) in [5, 5.41) is 0. The van der Waals surface area contributed by atoms with Gasteiger partial charge in [0.15, 0.2) is 0 Å². The van der Waals surface area contributed by atoms with Gasteiger partial charge in [0.05, 0.1) is 13.7 Å². The van der Waals surface area contributed by atoms with Crippen LogP contribution >= 0.6 is 0 Å². The average molecular weight is 272 g/mol. The summed E-state index contributed by atoms with van der Waals surface area (Å²) in [7, 11) is 3.09. The summed E-state index contributed by atoms with van der Waals surface area (Å²) < 4.78 is 10.2. The van der Waals surface area contributed by atoms with Crippen LogP contribution in [0.2, 0.25) is 0 Å². The second-order valence-electron chi connectivity index (χ2n) is 5.30. The Kier molecular flexibility index (Phi) is 4.40. The molecule has 3 nitrogen and oxygen atoms in total. The Morgan fingerprint density at radius 1 is 1.20 bits per heavy atom. The molecule has 1 atom stereocenters. The molecule has 1 aromatic rings. The van der Waals surface area contributed by atoms with Gasteiger partial charge in [-0.25, -0.2) is 4.79 Å². The molecule has 0 heterocycles. The van der Waals surface area contributed by atoms with Gasteiger partial charge >= 0.3 is 5.97 Å². The first-order valence-corrected chi connectivity index (χ1v) is 6.65. The van der Waals surface area contributed by atoms with Gasteiger partial charge in [-0.05, 0) is 17.6 Å². The van der Waals surface area contributed by atoms with Crippen LogP contribution in [0.15, 0.2) is 48.1 Å². The van der Waals surface area contributed by atoms with Gasteiger partial charge in [0.25, 0.3) is 0 Å². The molecule has 0 saturated heterocycles. The SMILES string of the molecule is COCC1(C)CC(C(=O)OC)=CC=C1c1ccccc1. The van der Waals surface area contributed by atoms with Crippen molar-refractivity contribution in [2.45, 2.75) is 13.3 Å². The normalized spacial score (nSPS) is 21.9. The highest BCUT2D eigenvalue weighted by Crippen LogP contribution is 2.43. The lowest BCUT2D eigenvalue weighted by molar-refractivity contribution is -0.136. The molecule has 3 heteroatoms. The minimum atomic E-state index is -0.268. The molecule has 2 rings (SSSR count). The van der Waals surface area contributed by atoms with E-state index in [4.69, 9.17) is 9.47 Å². The maximum Gasteiger partial charge on any atom is 0.333 e. The maximum absolute atomic E-state index is 11.7. The standard InChI is InChI=1S/C17H20O3/c1-17(12-19-2)11-14(16(18)20-3)9-10-15(17)13-7-5-4-6-8-13/h4-10H,11-12H2,1-3H3. The molecule has 20 heavy (non-hydrogen) atoms. The maximum atomic E-state index is 11.7. The first kappa shape index (κ1) is 14.5. The van der Waals surface area contributed by atoms with Crippen molar-refractivity contribution in [3.8, 4) is 0 Å². The summed E-state index contributed by atoms with van der Waals surface area (Å²) >= 11 is 0. The molecule has 0 bridgehead atoms. The Hall–Kier alpha value is -1.87. The molecule has 1 unspecified atom stereocenters. The molecule has 106 valence electrons. The monoisotopic (exact) mass is 272 g/mol. The topological polar surface area (TPSA) is 35.5 Å². The lowest BCUT2D eigenvalue weighted by Crippen LogP contribution is -2.29. The van der Waals surface area contributed by atoms with Crippen LogP contribution < -0.4 is 0 Å². The van der Waals surface area contributed by atoms with Crippen LogP contribution in [0.5, 0.6) is 0 Å². The molecule has 0 aromatic heterocycles. The summed E-state index contributed by atoms with van der Waals surface area (Å²) in [6.45, 7) is 2.67. The number of hydrogen-bond acceptors (Lipinski definition) is 3. The van der Waals surface area contributed by atoms with Crippen LogP contribution in [-0.4, -0.2) is 26.8 Å². The fraction of sp³-hybridized carbons (Fsp3) is 0.353. The second-order valence-corrected chi connectivity index (χ2v) is 5.30. The Morgan fingerprint density at radius 2 is 1.90 bits per heavy atom. The van der Waals surface area contributed by atoms with E-state index < -0.39 is 0 Å². The predicted octanol–water partition coefficient (Wildman–Crippen LogP) is 3.23. The zero-order valence-electron chi connectivity index (χ0n) is 12.2. The fourth-order valence-electron chi connectivity index (χ4n) is 2.74. The van der Waals surface area contributed by atoms with Crippen molar-refractivity contribution in [3.63, 3.8) is 0 Å². The summed E-state index contributed by atoms with van der Waals surface area (Å²) in [6.07, 6.45) is 4.48. The lowest BCUT2D eigenvalue weighted by Gasteiger charge is -2.35. The molecular formula is C17H20O3. The van der Waals surface area contributed by atoms with E-state index in [1.165, 1.54) is 12.7 Å². The smallest absolute Gasteiger partial charge is 0.333 e. The van der Waals surface area contributed by atoms with Crippen molar-refractivity contribution < 1.29 is 14.3 Å². The van der Waals surface area contributed by atoms with Gasteiger partial charge in [0, 0.05) is 18.1 Å². The largest absolute Gasteiger partial charge is 0.466 e. The number of benzene rings is 1. The van der Waals surface area contributed by atoms with E-state index >= 15 is 0 Å². The van der Waals surface area contributed by atoms with Crippen LogP contribution in [0, 0.1) is 5.41 Å². The van der Waals surface area contributed by atoms with Crippen LogP contribution in [0.1, 0.15) is 18.9 Å². The molecule has 1 aliphatic rings. The van der Waals surface area contributed by atoms with E-state index in [0.29, 0.717) is 18.6 Å². The molecule has 0 fully saturated rings. The molecule has 0 radical (unpaired) electrons. The summed E-state index contributed by atoms with van der Waals surface area (Å²) in [6, 6.07) is 10.2. The van der Waals surface area contributed by atoms with Crippen LogP contribution in [0.4, 0.5) is 0 Å². The zero-order chi connectivity index (χ0) is 14.6. The van der Waals surface area contributed by atoms with E-state index in [0.717, 1.165) is 5.56 Å². The highest BCUT2D eigenvalue weighted by atomic mass is 16.5. The Morgan fingerprint density at radius 3 is 2.50 bits per heavy atom. The number of allylic oxidation sites excluding steroid dienone is 2. The third-order valence-electron chi connectivity index (χ3n) is 3.68. The first-order chi connectivity index (χ1) is 9.60. The fourth-order valence-corrected chi connectivity index (χ4v) is 2.74. The van der Waals surface area contributed by atoms with Crippen molar-refractivity contribution in [1.29, 1.82) is 0 Å². The van der Waals surface area contributed by atoms with Crippen molar-refractivity contribution in [3.05, 3.63) is 53.6 Å². The third kappa shape index (κ3) is 2.83. The van der Waals surface area contributed by atoms with Gasteiger partial charge < -0.3 is 9.47 Å². The zero-order valence-corrected chi connectivity index (χ0v) is 12.2. The first-order valence-electron chi connectivity index (χ1n) is 6.65. The molecular weight excluding hydrogens is 252 g/mol. The highest BCUT2D eigenvalue weighted by Gasteiger charge is 2.35. The molecule has 1 aromatic carbocycles. The summed E-state index contributed by atoms with van der Waals surface area (Å²) in [5.41, 5.74) is 2.81. The molecule has 0 saturated carbocycles. The van der Waals surface area contributed by atoms with Gasteiger partial charge in [0.2, 0.25) is 0 Å². The Bertz CT molecular complexity index is 543. The van der Waals surface area contributed by atoms with E-state index in [2.05, 4.69) is 19.1 Å². The Balaban J connectivity index is 2.43. The van der Waals surface area contributed by atoms with E-state index in [1.807, 2.05) is 30.4 Å². The lowest BCUT2D eigenvalue weighted by atomic mass is 9.71. The van der Waals surface area contributed by atoms with Crippen LogP contribution in [-0.2, 0) is 14.3 Å². The molecule has 0 spiro atoms. The molecule has 0 aliphatic heterocycles. The minimum Gasteiger partial charge on any atom is -0.466 e. The highest BCUT2D eigenvalue weighted by molar-refractivity contribution is 5.91. The third-order valence-corrected chi connectivity index (χ3v) is 3.68. The van der Waals surface area contributed by atoms with Crippen molar-refractivity contribution in [2.24, 2.45) is 5.41 Å². The van der Waals surface area contributed by atoms with E-state index in [1.54, 1.807) is 7.11 Å². The number of esters is 1. The summed E-state index contributed by atoms with van der Waals surface area (Å²) in [4.78, 5) is 11.7. The van der Waals surface area contributed by atoms with E-state index in [9.17, 15) is 4.79 Å². The van der Waals surface area contributed by atoms with Gasteiger partial charge in [-0.1, -0.05) is 49.4 Å². The molecule has 0 N–H and O–H groups in total. The van der Waals surface area contributed by atoms with Crippen LogP contribution in [0.25, 0.3) is 5.57 Å². The number of hydrogen-bond donors (Lipinski definition) is 0. The van der Waals surface area contributed by atoms with Crippen molar-refractivity contribution >= 4 is 11.5 Å². The van der Waals surface area contributed by atoms with Crippen molar-refractivity contribution in [2.75, 3.05) is 20.8 Å². The summed E-state index contributed by atoms with van der Waals surface area (Å²) in [5.74, 6) is -0.268. The van der Waals surface area contributed by atoms with E-state index in [-0.39, 0.29) is 11.4 Å². The Labute approximate surface area is 119 Å². The van der Waals surface area contributed by atoms with Gasteiger partial charge in [-0.2, -0.15) is 0 Å². The van der Waals surface area contributed by atoms with Gasteiger partial charge in [0.1, 0.15) is 0 Å². The molecule has 0 amide bonds. The van der Waals surface area contributed by atoms with Gasteiger partial charge in [-0.15, -0.1) is 0 Å². The number of ether oxygens (including phenoxy) is 2. The van der Waals surface area contributed by atoms with Gasteiger partial charge in [-0.3, -0.25) is 0 Å². The number of carbonyl (C=O) groups excluding carboxylic acids is 1. The second kappa shape index (κ2) is 6.06.